The highest BCUT2D eigenvalue weighted by Gasteiger charge is 2.21. The van der Waals surface area contributed by atoms with Crippen LogP contribution in [0, 0.1) is 5.92 Å². The summed E-state index contributed by atoms with van der Waals surface area (Å²) in [6, 6.07) is 1.74. The van der Waals surface area contributed by atoms with Crippen LogP contribution in [0.3, 0.4) is 0 Å². The average Bonchev–Trinajstić information content (AvgIpc) is 2.81. The van der Waals surface area contributed by atoms with E-state index in [-0.39, 0.29) is 5.92 Å². The Labute approximate surface area is 109 Å². The highest BCUT2D eigenvalue weighted by Crippen LogP contribution is 2.31. The van der Waals surface area contributed by atoms with E-state index in [4.69, 9.17) is 14.8 Å². The van der Waals surface area contributed by atoms with Gasteiger partial charge in [-0.2, -0.15) is 0 Å². The normalized spacial score (nSPS) is 14.4. The van der Waals surface area contributed by atoms with Gasteiger partial charge in [-0.25, -0.2) is 5.26 Å². The summed E-state index contributed by atoms with van der Waals surface area (Å²) < 4.78 is 9.65. The van der Waals surface area contributed by atoms with Crippen molar-refractivity contribution in [3.63, 3.8) is 0 Å². The molecule has 1 heterocycles. The second-order valence-electron chi connectivity index (χ2n) is 3.99. The number of hydrogen-bond acceptors (Lipinski definition) is 6. The molecule has 0 aromatic carbocycles. The molecular formula is C11H16O6S. The zero-order chi connectivity index (χ0) is 13.5. The SMILES string of the molecule is CCC(CC(C)C(=O)O)c1cc(SOOO)co1. The van der Waals surface area contributed by atoms with Gasteiger partial charge in [-0.15, -0.1) is 4.33 Å². The smallest absolute Gasteiger partial charge is 0.306 e. The summed E-state index contributed by atoms with van der Waals surface area (Å²) in [6.45, 7) is 3.65. The first kappa shape index (κ1) is 15.0. The topological polar surface area (TPSA) is 89.1 Å². The standard InChI is InChI=1S/C11H16O6S/c1-3-8(4-7(2)11(12)13)10-5-9(6-15-10)18-17-16-14/h5-8,14H,3-4H2,1-2H3,(H,12,13). The number of carbonyl (C=O) groups is 1. The molecule has 0 bridgehead atoms. The van der Waals surface area contributed by atoms with Crippen molar-refractivity contribution in [2.75, 3.05) is 0 Å². The summed E-state index contributed by atoms with van der Waals surface area (Å²) in [4.78, 5) is 11.5. The molecule has 0 saturated carbocycles. The van der Waals surface area contributed by atoms with Crippen LogP contribution in [0.2, 0.25) is 0 Å². The van der Waals surface area contributed by atoms with Crippen molar-refractivity contribution >= 4 is 18.0 Å². The van der Waals surface area contributed by atoms with Crippen molar-refractivity contribution in [2.24, 2.45) is 5.92 Å². The molecule has 0 radical (unpaired) electrons. The van der Waals surface area contributed by atoms with Gasteiger partial charge in [-0.3, -0.25) is 4.79 Å². The Morgan fingerprint density at radius 2 is 2.33 bits per heavy atom. The molecule has 0 aliphatic carbocycles. The molecule has 0 amide bonds. The lowest BCUT2D eigenvalue weighted by atomic mass is 9.92. The van der Waals surface area contributed by atoms with Crippen LogP contribution in [0.15, 0.2) is 21.6 Å². The highest BCUT2D eigenvalue weighted by atomic mass is 32.2. The molecule has 2 unspecified atom stereocenters. The fourth-order valence-electron chi connectivity index (χ4n) is 1.66. The minimum absolute atomic E-state index is 0.0421. The maximum atomic E-state index is 10.8. The van der Waals surface area contributed by atoms with Gasteiger partial charge in [0.05, 0.1) is 22.9 Å². The molecule has 7 heteroatoms. The predicted molar refractivity (Wildman–Crippen MR) is 63.8 cm³/mol. The molecule has 0 aliphatic rings. The van der Waals surface area contributed by atoms with Gasteiger partial charge in [-0.05, 0) is 18.9 Å². The van der Waals surface area contributed by atoms with Crippen molar-refractivity contribution in [1.29, 1.82) is 0 Å². The molecule has 1 aromatic heterocycles. The molecule has 1 aromatic rings. The number of furan rings is 1. The second kappa shape index (κ2) is 7.42. The number of aliphatic carboxylic acids is 1. The van der Waals surface area contributed by atoms with E-state index in [1.807, 2.05) is 6.92 Å². The maximum Gasteiger partial charge on any atom is 0.306 e. The summed E-state index contributed by atoms with van der Waals surface area (Å²) in [7, 11) is 0. The largest absolute Gasteiger partial charge is 0.481 e. The minimum Gasteiger partial charge on any atom is -0.481 e. The van der Waals surface area contributed by atoms with E-state index < -0.39 is 11.9 Å². The lowest BCUT2D eigenvalue weighted by molar-refractivity contribution is -0.432. The first-order valence-electron chi connectivity index (χ1n) is 5.54. The van der Waals surface area contributed by atoms with Crippen molar-refractivity contribution in [3.05, 3.63) is 18.1 Å². The lowest BCUT2D eigenvalue weighted by Crippen LogP contribution is -2.13. The summed E-state index contributed by atoms with van der Waals surface area (Å²) in [5.41, 5.74) is 0. The van der Waals surface area contributed by atoms with Crippen molar-refractivity contribution in [2.45, 2.75) is 37.5 Å². The van der Waals surface area contributed by atoms with Gasteiger partial charge < -0.3 is 9.52 Å². The Hall–Kier alpha value is -1.02. The predicted octanol–water partition coefficient (Wildman–Crippen LogP) is 3.31. The average molecular weight is 276 g/mol. The molecule has 0 aliphatic heterocycles. The van der Waals surface area contributed by atoms with Crippen LogP contribution in [-0.2, 0) is 14.2 Å². The number of rotatable bonds is 8. The number of carboxylic acids is 1. The fourth-order valence-corrected chi connectivity index (χ4v) is 2.02. The third-order valence-corrected chi connectivity index (χ3v) is 3.25. The quantitative estimate of drug-likeness (QED) is 0.427. The fraction of sp³-hybridized carbons (Fsp3) is 0.545. The van der Waals surface area contributed by atoms with Gasteiger partial charge in [0.25, 0.3) is 0 Å². The summed E-state index contributed by atoms with van der Waals surface area (Å²) in [5.74, 6) is -0.491. The Morgan fingerprint density at radius 1 is 1.61 bits per heavy atom. The first-order chi connectivity index (χ1) is 8.58. The van der Waals surface area contributed by atoms with E-state index in [1.54, 1.807) is 13.0 Å². The van der Waals surface area contributed by atoms with Crippen molar-refractivity contribution < 1.29 is 28.9 Å². The van der Waals surface area contributed by atoms with Gasteiger partial charge in [-0.1, -0.05) is 18.9 Å². The molecule has 0 saturated heterocycles. The van der Waals surface area contributed by atoms with E-state index in [2.05, 4.69) is 9.37 Å². The zero-order valence-electron chi connectivity index (χ0n) is 10.2. The van der Waals surface area contributed by atoms with Gasteiger partial charge in [0.15, 0.2) is 0 Å². The Kier molecular flexibility index (Phi) is 6.20. The van der Waals surface area contributed by atoms with Crippen molar-refractivity contribution in [3.8, 4) is 0 Å². The molecule has 6 nitrogen and oxygen atoms in total. The van der Waals surface area contributed by atoms with Gasteiger partial charge in [0.2, 0.25) is 0 Å². The number of carboxylic acid groups (broad SMARTS) is 1. The highest BCUT2D eigenvalue weighted by molar-refractivity contribution is 7.94. The summed E-state index contributed by atoms with van der Waals surface area (Å²) in [5, 5.41) is 20.4. The van der Waals surface area contributed by atoms with Crippen LogP contribution < -0.4 is 0 Å². The van der Waals surface area contributed by atoms with Crippen LogP contribution in [0.25, 0.3) is 0 Å². The molecule has 102 valence electrons. The van der Waals surface area contributed by atoms with E-state index >= 15 is 0 Å². The third kappa shape index (κ3) is 4.34. The van der Waals surface area contributed by atoms with Crippen LogP contribution >= 0.6 is 12.0 Å². The van der Waals surface area contributed by atoms with Gasteiger partial charge in [0.1, 0.15) is 12.0 Å². The summed E-state index contributed by atoms with van der Waals surface area (Å²) in [6.07, 6.45) is 2.76. The van der Waals surface area contributed by atoms with E-state index in [9.17, 15) is 4.79 Å². The maximum absolute atomic E-state index is 10.8. The third-order valence-electron chi connectivity index (χ3n) is 2.71. The Bertz CT molecular complexity index is 377. The van der Waals surface area contributed by atoms with Crippen molar-refractivity contribution in [1.82, 2.24) is 0 Å². The first-order valence-corrected chi connectivity index (χ1v) is 6.28. The summed E-state index contributed by atoms with van der Waals surface area (Å²) >= 11 is 0.812. The van der Waals surface area contributed by atoms with E-state index in [0.29, 0.717) is 17.1 Å². The van der Waals surface area contributed by atoms with Gasteiger partial charge >= 0.3 is 5.97 Å². The second-order valence-corrected chi connectivity index (χ2v) is 4.77. The molecule has 18 heavy (non-hydrogen) atoms. The van der Waals surface area contributed by atoms with E-state index in [1.165, 1.54) is 6.26 Å². The molecule has 0 spiro atoms. The lowest BCUT2D eigenvalue weighted by Gasteiger charge is -2.14. The van der Waals surface area contributed by atoms with Crippen LogP contribution in [0.1, 0.15) is 38.4 Å². The molecule has 1 rings (SSSR count). The molecule has 2 N–H and O–H groups in total. The Balaban J connectivity index is 2.64. The molecule has 0 fully saturated rings. The van der Waals surface area contributed by atoms with Crippen LogP contribution in [-0.4, -0.2) is 16.3 Å². The number of hydrogen-bond donors (Lipinski definition) is 2. The minimum atomic E-state index is -0.813. The van der Waals surface area contributed by atoms with Crippen LogP contribution in [0.4, 0.5) is 0 Å². The zero-order valence-corrected chi connectivity index (χ0v) is 11.0. The Morgan fingerprint density at radius 3 is 2.89 bits per heavy atom. The molecular weight excluding hydrogens is 260 g/mol. The monoisotopic (exact) mass is 276 g/mol. The van der Waals surface area contributed by atoms with Crippen LogP contribution in [0.5, 0.6) is 0 Å². The van der Waals surface area contributed by atoms with Gasteiger partial charge in [0, 0.05) is 5.92 Å². The van der Waals surface area contributed by atoms with E-state index in [0.717, 1.165) is 18.5 Å². The molecule has 2 atom stereocenters.